The van der Waals surface area contributed by atoms with Gasteiger partial charge >= 0.3 is 6.09 Å². The molecule has 0 atom stereocenters. The van der Waals surface area contributed by atoms with Crippen LogP contribution in [0.3, 0.4) is 0 Å². The first-order valence-corrected chi connectivity index (χ1v) is 11.4. The number of hydrogen-bond acceptors (Lipinski definition) is 8. The second-order valence-corrected chi connectivity index (χ2v) is 8.49. The van der Waals surface area contributed by atoms with E-state index in [0.29, 0.717) is 58.1 Å². The Kier molecular flexibility index (Phi) is 7.61. The average Bonchev–Trinajstić information content (AvgIpc) is 2.82. The lowest BCUT2D eigenvalue weighted by atomic mass is 10.1. The smallest absolute Gasteiger partial charge is 0.410 e. The summed E-state index contributed by atoms with van der Waals surface area (Å²) in [7, 11) is 0. The van der Waals surface area contributed by atoms with Crippen molar-refractivity contribution in [3.8, 4) is 5.88 Å². The summed E-state index contributed by atoms with van der Waals surface area (Å²) in [6, 6.07) is 3.83. The number of carbonyl (C=O) groups is 1. The molecule has 4 rings (SSSR count). The predicted molar refractivity (Wildman–Crippen MR) is 122 cm³/mol. The van der Waals surface area contributed by atoms with E-state index in [1.54, 1.807) is 9.80 Å². The number of likely N-dealkylation sites (tertiary alicyclic amines) is 1. The first-order chi connectivity index (χ1) is 16.4. The van der Waals surface area contributed by atoms with Gasteiger partial charge in [-0.2, -0.15) is 0 Å². The molecule has 2 saturated heterocycles. The zero-order valence-corrected chi connectivity index (χ0v) is 19.3. The van der Waals surface area contributed by atoms with Crippen molar-refractivity contribution in [3.05, 3.63) is 36.2 Å². The number of hydrogen-bond donors (Lipinski definition) is 1. The lowest BCUT2D eigenvalue weighted by Crippen LogP contribution is -2.42. The summed E-state index contributed by atoms with van der Waals surface area (Å²) >= 11 is 0. The predicted octanol–water partition coefficient (Wildman–Crippen LogP) is 3.72. The number of anilines is 3. The molecule has 2 aliphatic rings. The highest BCUT2D eigenvalue weighted by atomic mass is 19.1. The molecule has 3 heterocycles. The highest BCUT2D eigenvalue weighted by Crippen LogP contribution is 2.29. The molecule has 9 nitrogen and oxygen atoms in total. The Hall–Kier alpha value is -3.21. The molecule has 0 bridgehead atoms. The van der Waals surface area contributed by atoms with Crippen molar-refractivity contribution in [1.82, 2.24) is 14.9 Å². The van der Waals surface area contributed by atoms with E-state index < -0.39 is 11.6 Å². The summed E-state index contributed by atoms with van der Waals surface area (Å²) in [5, 5.41) is 2.80. The Balaban J connectivity index is 1.36. The van der Waals surface area contributed by atoms with E-state index in [4.69, 9.17) is 14.2 Å². The van der Waals surface area contributed by atoms with E-state index in [-0.39, 0.29) is 35.5 Å². The van der Waals surface area contributed by atoms with Crippen LogP contribution >= 0.6 is 0 Å². The molecule has 0 unspecified atom stereocenters. The zero-order chi connectivity index (χ0) is 24.1. The molecule has 1 aromatic carbocycles. The topological polar surface area (TPSA) is 89.0 Å². The van der Waals surface area contributed by atoms with E-state index >= 15 is 0 Å². The van der Waals surface area contributed by atoms with Crippen LogP contribution in [-0.4, -0.2) is 72.6 Å². The van der Waals surface area contributed by atoms with Crippen molar-refractivity contribution in [1.29, 1.82) is 0 Å². The van der Waals surface area contributed by atoms with E-state index in [9.17, 15) is 13.6 Å². The van der Waals surface area contributed by atoms with Gasteiger partial charge in [-0.25, -0.2) is 23.5 Å². The number of ether oxygens (including phenoxy) is 3. The van der Waals surface area contributed by atoms with Crippen molar-refractivity contribution < 1.29 is 27.8 Å². The van der Waals surface area contributed by atoms with Gasteiger partial charge in [0.2, 0.25) is 5.88 Å². The van der Waals surface area contributed by atoms with Crippen molar-refractivity contribution >= 4 is 23.3 Å². The number of halogens is 2. The molecule has 0 spiro atoms. The molecule has 1 aromatic heterocycles. The Morgan fingerprint density at radius 1 is 1.09 bits per heavy atom. The second-order valence-electron chi connectivity index (χ2n) is 8.49. The second kappa shape index (κ2) is 10.8. The normalized spacial score (nSPS) is 17.1. The van der Waals surface area contributed by atoms with Crippen LogP contribution in [0.5, 0.6) is 5.88 Å². The van der Waals surface area contributed by atoms with Crippen molar-refractivity contribution in [2.24, 2.45) is 0 Å². The number of benzene rings is 1. The Bertz CT molecular complexity index is 995. The molecular weight excluding hydrogens is 448 g/mol. The molecule has 2 aliphatic heterocycles. The van der Waals surface area contributed by atoms with E-state index in [2.05, 4.69) is 15.3 Å². The minimum absolute atomic E-state index is 0.0314. The van der Waals surface area contributed by atoms with E-state index in [1.807, 2.05) is 13.8 Å². The first kappa shape index (κ1) is 23.9. The highest BCUT2D eigenvalue weighted by Gasteiger charge is 2.26. The third-order valence-corrected chi connectivity index (χ3v) is 5.62. The average molecular weight is 478 g/mol. The number of piperidine rings is 1. The Labute approximate surface area is 197 Å². The van der Waals surface area contributed by atoms with Crippen LogP contribution < -0.4 is 15.0 Å². The van der Waals surface area contributed by atoms with Gasteiger partial charge in [0.1, 0.15) is 29.9 Å². The fourth-order valence-electron chi connectivity index (χ4n) is 3.89. The number of rotatable bonds is 6. The van der Waals surface area contributed by atoms with Gasteiger partial charge in [0.15, 0.2) is 0 Å². The maximum Gasteiger partial charge on any atom is 0.410 e. The highest BCUT2D eigenvalue weighted by molar-refractivity contribution is 5.68. The summed E-state index contributed by atoms with van der Waals surface area (Å²) in [5.41, 5.74) is 0.179. The van der Waals surface area contributed by atoms with Crippen LogP contribution in [0.1, 0.15) is 26.7 Å². The summed E-state index contributed by atoms with van der Waals surface area (Å²) in [4.78, 5) is 23.6. The Morgan fingerprint density at radius 3 is 2.53 bits per heavy atom. The molecule has 1 amide bonds. The monoisotopic (exact) mass is 477 g/mol. The lowest BCUT2D eigenvalue weighted by molar-refractivity contribution is 0.0507. The van der Waals surface area contributed by atoms with Crippen molar-refractivity contribution in [2.45, 2.75) is 38.9 Å². The van der Waals surface area contributed by atoms with Crippen molar-refractivity contribution in [2.75, 3.05) is 49.6 Å². The van der Waals surface area contributed by atoms with Crippen LogP contribution in [0.25, 0.3) is 0 Å². The Morgan fingerprint density at radius 2 is 1.82 bits per heavy atom. The molecular formula is C23H29F2N5O4. The number of morpholine rings is 1. The maximum absolute atomic E-state index is 14.7. The van der Waals surface area contributed by atoms with Crippen LogP contribution in [0.15, 0.2) is 24.5 Å². The molecule has 34 heavy (non-hydrogen) atoms. The fraction of sp³-hybridized carbons (Fsp3) is 0.522. The molecule has 2 aromatic rings. The summed E-state index contributed by atoms with van der Waals surface area (Å²) in [5.74, 6) is -0.532. The molecule has 184 valence electrons. The van der Waals surface area contributed by atoms with Gasteiger partial charge in [-0.05, 0) is 13.8 Å². The molecule has 11 heteroatoms. The zero-order valence-electron chi connectivity index (χ0n) is 19.3. The quantitative estimate of drug-likeness (QED) is 0.674. The van der Waals surface area contributed by atoms with Gasteiger partial charge in [-0.15, -0.1) is 0 Å². The minimum atomic E-state index is -0.593. The maximum atomic E-state index is 14.7. The van der Waals surface area contributed by atoms with Gasteiger partial charge in [0.05, 0.1) is 30.7 Å². The van der Waals surface area contributed by atoms with E-state index in [1.165, 1.54) is 18.5 Å². The van der Waals surface area contributed by atoms with Crippen LogP contribution in [0.2, 0.25) is 0 Å². The number of nitrogens with one attached hydrogen (secondary N) is 1. The fourth-order valence-corrected chi connectivity index (χ4v) is 3.89. The number of amides is 1. The van der Waals surface area contributed by atoms with Gasteiger partial charge < -0.3 is 29.3 Å². The lowest BCUT2D eigenvalue weighted by Gasteiger charge is -2.31. The van der Waals surface area contributed by atoms with Crippen molar-refractivity contribution in [3.63, 3.8) is 0 Å². The summed E-state index contributed by atoms with van der Waals surface area (Å²) < 4.78 is 45.8. The third kappa shape index (κ3) is 6.02. The number of aromatic nitrogens is 2. The minimum Gasteiger partial charge on any atom is -0.474 e. The standard InChI is InChI=1S/C23H29F2N5O4/c1-15(2)33-23(31)30-5-3-16(4-6-30)34-22-13-21(26-14-27-22)28-19-11-18(25)20(12-17(19)24)29-7-9-32-10-8-29/h11-16H,3-10H2,1-2H3,(H,26,27,28). The number of nitrogens with zero attached hydrogens (tertiary/aromatic N) is 4. The SMILES string of the molecule is CC(C)OC(=O)N1CCC(Oc2cc(Nc3cc(F)c(N4CCOCC4)cc3F)ncn2)CC1. The summed E-state index contributed by atoms with van der Waals surface area (Å²) in [6.07, 6.45) is 1.93. The van der Waals surface area contributed by atoms with Crippen LogP contribution in [-0.2, 0) is 9.47 Å². The number of carbonyl (C=O) groups excluding carboxylic acids is 1. The largest absolute Gasteiger partial charge is 0.474 e. The van der Waals surface area contributed by atoms with Gasteiger partial charge in [0, 0.05) is 57.2 Å². The van der Waals surface area contributed by atoms with E-state index in [0.717, 1.165) is 6.07 Å². The van der Waals surface area contributed by atoms with Crippen LogP contribution in [0, 0.1) is 11.6 Å². The molecule has 0 aliphatic carbocycles. The van der Waals surface area contributed by atoms with Gasteiger partial charge in [-0.1, -0.05) is 0 Å². The first-order valence-electron chi connectivity index (χ1n) is 11.4. The molecule has 1 N–H and O–H groups in total. The van der Waals surface area contributed by atoms with Crippen LogP contribution in [0.4, 0.5) is 30.8 Å². The molecule has 0 radical (unpaired) electrons. The molecule has 0 saturated carbocycles. The third-order valence-electron chi connectivity index (χ3n) is 5.62. The molecule has 2 fully saturated rings. The van der Waals surface area contributed by atoms with Gasteiger partial charge in [0.25, 0.3) is 0 Å². The summed E-state index contributed by atoms with van der Waals surface area (Å²) in [6.45, 7) is 6.64. The van der Waals surface area contributed by atoms with Gasteiger partial charge in [-0.3, -0.25) is 0 Å².